The zero-order chi connectivity index (χ0) is 74.6. The number of anilines is 1. The number of allylic oxidation sites excluding steroid dienone is 1. The van der Waals surface area contributed by atoms with E-state index < -0.39 is 35.7 Å². The van der Waals surface area contributed by atoms with Gasteiger partial charge in [-0.3, -0.25) is 52.8 Å². The van der Waals surface area contributed by atoms with Crippen LogP contribution in [0, 0.1) is 20.8 Å². The summed E-state index contributed by atoms with van der Waals surface area (Å²) in [5.74, 6) is -6.72. The molecule has 0 fully saturated rings. The van der Waals surface area contributed by atoms with Gasteiger partial charge in [-0.15, -0.1) is 0 Å². The van der Waals surface area contributed by atoms with Crippen molar-refractivity contribution in [3.05, 3.63) is 354 Å². The Labute approximate surface area is 592 Å². The van der Waals surface area contributed by atoms with Gasteiger partial charge >= 0.3 is 23.9 Å². The highest BCUT2D eigenvalue weighted by molar-refractivity contribution is 6.34. The number of hydrogen-bond acceptors (Lipinski definition) is 13. The summed E-state index contributed by atoms with van der Waals surface area (Å²) < 4.78 is 0. The molecular weight excluding hydrogens is 1310 g/mol. The first-order valence-corrected chi connectivity index (χ1v) is 32.0. The number of carbonyl (C=O) groups excluding carboxylic acids is 9. The highest BCUT2D eigenvalue weighted by Crippen LogP contribution is 2.30. The lowest BCUT2D eigenvalue weighted by atomic mass is 9.96. The van der Waals surface area contributed by atoms with E-state index >= 15 is 0 Å². The van der Waals surface area contributed by atoms with E-state index in [1.54, 1.807) is 127 Å². The lowest BCUT2D eigenvalue weighted by molar-refractivity contribution is -0.136. The zero-order valence-corrected chi connectivity index (χ0v) is 56.5. The minimum atomic E-state index is -1.12. The summed E-state index contributed by atoms with van der Waals surface area (Å²) in [6.07, 6.45) is 3.45. The third-order valence-electron chi connectivity index (χ3n) is 16.4. The lowest BCUT2D eigenvalue weighted by Crippen LogP contribution is -2.29. The van der Waals surface area contributed by atoms with Gasteiger partial charge in [0, 0.05) is 40.7 Å². The van der Waals surface area contributed by atoms with Crippen molar-refractivity contribution < 1.29 is 82.8 Å². The minimum Gasteiger partial charge on any atom is -0.481 e. The molecule has 0 radical (unpaired) electrons. The maximum absolute atomic E-state index is 12.5. The maximum atomic E-state index is 12.5. The van der Waals surface area contributed by atoms with Crippen LogP contribution in [0.25, 0.3) is 6.08 Å². The Bertz CT molecular complexity index is 4970. The largest absolute Gasteiger partial charge is 0.481 e. The van der Waals surface area contributed by atoms with Crippen molar-refractivity contribution in [1.82, 2.24) is 4.90 Å². The van der Waals surface area contributed by atoms with Crippen molar-refractivity contribution in [2.24, 2.45) is 0 Å². The summed E-state index contributed by atoms with van der Waals surface area (Å²) in [6.45, 7) is 8.63. The molecule has 4 amide bonds. The number of rotatable bonds is 19. The fraction of sp³-hybridized carbons (Fsp3) is 0.107. The number of carboxylic acids is 4. The van der Waals surface area contributed by atoms with Gasteiger partial charge in [0.15, 0.2) is 28.9 Å². The van der Waals surface area contributed by atoms with Gasteiger partial charge in [-0.05, 0) is 141 Å². The van der Waals surface area contributed by atoms with Crippen LogP contribution < -0.4 is 4.90 Å². The molecular formula is C84H68N2O17. The van der Waals surface area contributed by atoms with Crippen molar-refractivity contribution >= 4 is 88.2 Å². The lowest BCUT2D eigenvalue weighted by Gasteiger charge is -2.15. The molecule has 0 saturated heterocycles. The number of aryl methyl sites for hydroxylation is 3. The van der Waals surface area contributed by atoms with Crippen molar-refractivity contribution in [2.75, 3.05) is 4.90 Å². The number of carbonyl (C=O) groups is 13. The van der Waals surface area contributed by atoms with Crippen LogP contribution in [0.3, 0.4) is 0 Å². The topological polar surface area (TPSA) is 309 Å². The Kier molecular flexibility index (Phi) is 25.4. The van der Waals surface area contributed by atoms with Crippen molar-refractivity contribution in [3.63, 3.8) is 0 Å². The Morgan fingerprint density at radius 3 is 1.33 bits per heavy atom. The van der Waals surface area contributed by atoms with Gasteiger partial charge < -0.3 is 20.4 Å². The number of Topliss-reactive ketones (excluding diaryl/α,β-unsaturated/α-hetero) is 4. The second-order valence-corrected chi connectivity index (χ2v) is 23.7. The van der Waals surface area contributed by atoms with E-state index in [-0.39, 0.29) is 105 Å². The number of imide groups is 2. The first kappa shape index (κ1) is 75.2. The summed E-state index contributed by atoms with van der Waals surface area (Å²) in [6, 6.07) is 66.2. The fourth-order valence-electron chi connectivity index (χ4n) is 10.9. The smallest absolute Gasteiger partial charge is 0.336 e. The van der Waals surface area contributed by atoms with Crippen LogP contribution in [0.2, 0.25) is 0 Å². The van der Waals surface area contributed by atoms with Gasteiger partial charge in [0.05, 0.1) is 57.6 Å². The number of ketones is 5. The summed E-state index contributed by atoms with van der Waals surface area (Å²) in [5.41, 5.74) is 10.7. The van der Waals surface area contributed by atoms with Crippen LogP contribution in [-0.4, -0.2) is 102 Å². The molecule has 2 heterocycles. The second-order valence-electron chi connectivity index (χ2n) is 23.7. The van der Waals surface area contributed by atoms with E-state index in [1.165, 1.54) is 62.4 Å². The summed E-state index contributed by atoms with van der Waals surface area (Å²) in [5, 5.41) is 36.2. The van der Waals surface area contributed by atoms with E-state index in [2.05, 4.69) is 0 Å². The van der Waals surface area contributed by atoms with Gasteiger partial charge in [-0.2, -0.15) is 0 Å². The van der Waals surface area contributed by atoms with Gasteiger partial charge in [0.25, 0.3) is 23.6 Å². The van der Waals surface area contributed by atoms with Crippen LogP contribution >= 0.6 is 0 Å². The third-order valence-corrected chi connectivity index (χ3v) is 16.4. The Morgan fingerprint density at radius 2 is 0.796 bits per heavy atom. The van der Waals surface area contributed by atoms with Crippen LogP contribution in [0.4, 0.5) is 5.69 Å². The van der Waals surface area contributed by atoms with Gasteiger partial charge in [-0.25, -0.2) is 19.3 Å². The average Bonchev–Trinajstić information content (AvgIpc) is 1.63. The van der Waals surface area contributed by atoms with Crippen LogP contribution in [0.5, 0.6) is 0 Å². The number of benzene rings is 10. The molecule has 0 atom stereocenters. The Morgan fingerprint density at radius 1 is 0.369 bits per heavy atom. The van der Waals surface area contributed by atoms with Crippen LogP contribution in [0.1, 0.15) is 183 Å². The van der Waals surface area contributed by atoms with Crippen LogP contribution in [0.15, 0.2) is 243 Å². The third kappa shape index (κ3) is 19.4. The number of aromatic carboxylic acids is 3. The first-order chi connectivity index (χ1) is 49.2. The number of nitrogens with zero attached hydrogens (tertiary/aromatic N) is 2. The molecule has 103 heavy (non-hydrogen) atoms. The maximum Gasteiger partial charge on any atom is 0.336 e. The molecule has 12 rings (SSSR count). The molecule has 0 aliphatic carbocycles. The molecule has 10 aromatic rings. The molecule has 2 aliphatic rings. The van der Waals surface area contributed by atoms with Crippen molar-refractivity contribution in [3.8, 4) is 0 Å². The predicted octanol–water partition coefficient (Wildman–Crippen LogP) is 14.8. The molecule has 516 valence electrons. The highest BCUT2D eigenvalue weighted by Gasteiger charge is 2.38. The fourth-order valence-corrected chi connectivity index (χ4v) is 10.9. The minimum absolute atomic E-state index is 0.0195. The van der Waals surface area contributed by atoms with E-state index in [1.807, 2.05) is 93.6 Å². The zero-order valence-electron chi connectivity index (χ0n) is 56.5. The molecule has 19 heteroatoms. The standard InChI is InChI=1S/C18H13NO5.C17H16O3.C17H14O3.C16H11NO3.C16H14O3/c1-10(20)11-6-7-14-15(8-11)17(22)19(16(14)21)9-12-4-2-3-5-13(12)18(23)24;1-12-6-8-13(9-7-12)10-16(18)15-5-3-2-4-14(15)11-17(19)20;1-12-6-8-13(9-7-12)10-11-16(18)14-4-2-3-5-15(14)17(19)20;1-10(18)11-6-8-12(9-7-11)17-15(19)13-4-2-3-5-14(13)16(17)20;1-11-6-2-3-7-12(11)10-15(17)13-8-4-5-9-14(13)16(18)19/h2-8H,9H2,1H3,(H,23,24);2-9H,10-11H2,1H3,(H,19,20);2-11H,1H3,(H,19,20);2-9H,1H3;2-9H,10H2,1H3,(H,18,19)/b;;11-10+;;. The molecule has 0 unspecified atom stereocenters. The molecule has 0 aromatic heterocycles. The molecule has 4 N–H and O–H groups in total. The number of fused-ring (bicyclic) bond motifs is 2. The molecule has 0 bridgehead atoms. The van der Waals surface area contributed by atoms with E-state index in [0.717, 1.165) is 43.2 Å². The van der Waals surface area contributed by atoms with Gasteiger partial charge in [-0.1, -0.05) is 187 Å². The second kappa shape index (κ2) is 34.8. The number of aliphatic carboxylic acids is 1. The number of carboxylic acid groups (broad SMARTS) is 4. The van der Waals surface area contributed by atoms with E-state index in [0.29, 0.717) is 44.6 Å². The predicted molar refractivity (Wildman–Crippen MR) is 386 cm³/mol. The average molecular weight is 1380 g/mol. The SMILES string of the molecule is CC(=O)c1ccc(N2C(=O)c3ccccc3C2=O)cc1.CC(=O)c1ccc2c(c1)C(=O)N(Cc1ccccc1C(=O)O)C2=O.Cc1ccc(/C=C/C(=O)c2ccccc2C(=O)O)cc1.Cc1ccc(CC(=O)c2ccccc2CC(=O)O)cc1.Cc1ccccc1CC(=O)c1ccccc1C(=O)O. The normalized spacial score (nSPS) is 11.6. The summed E-state index contributed by atoms with van der Waals surface area (Å²) in [4.78, 5) is 155. The molecule has 2 aliphatic heterocycles. The summed E-state index contributed by atoms with van der Waals surface area (Å²) >= 11 is 0. The molecule has 19 nitrogen and oxygen atoms in total. The van der Waals surface area contributed by atoms with E-state index in [4.69, 9.17) is 15.3 Å². The quantitative estimate of drug-likeness (QED) is 0.0332. The highest BCUT2D eigenvalue weighted by atomic mass is 16.4. The first-order valence-electron chi connectivity index (χ1n) is 32.0. The summed E-state index contributed by atoms with van der Waals surface area (Å²) in [7, 11) is 0. The van der Waals surface area contributed by atoms with E-state index in [9.17, 15) is 67.4 Å². The van der Waals surface area contributed by atoms with Crippen LogP contribution in [-0.2, 0) is 30.6 Å². The van der Waals surface area contributed by atoms with Gasteiger partial charge in [0.1, 0.15) is 0 Å². The monoisotopic (exact) mass is 1380 g/mol. The molecule has 0 saturated carbocycles. The van der Waals surface area contributed by atoms with Crippen molar-refractivity contribution in [1.29, 1.82) is 0 Å². The Hall–Kier alpha value is -13.6. The molecule has 0 spiro atoms. The Balaban J connectivity index is 0.000000164. The number of amides is 4. The molecule has 10 aromatic carbocycles. The number of hydrogen-bond donors (Lipinski definition) is 4. The van der Waals surface area contributed by atoms with Crippen molar-refractivity contribution in [2.45, 2.75) is 60.4 Å². The van der Waals surface area contributed by atoms with Gasteiger partial charge in [0.2, 0.25) is 0 Å².